The van der Waals surface area contributed by atoms with Crippen LogP contribution in [0.3, 0.4) is 0 Å². The molecule has 0 aliphatic heterocycles. The minimum Gasteiger partial charge on any atom is -0.509 e. The van der Waals surface area contributed by atoms with Crippen molar-refractivity contribution in [2.75, 3.05) is 0 Å². The van der Waals surface area contributed by atoms with Gasteiger partial charge in [0.05, 0.1) is 0 Å². The zero-order chi connectivity index (χ0) is 42.0. The fourth-order valence-corrected chi connectivity index (χ4v) is 9.06. The van der Waals surface area contributed by atoms with E-state index >= 15 is 0 Å². The van der Waals surface area contributed by atoms with E-state index in [1.54, 1.807) is 12.2 Å². The molecule has 2 N–H and O–H groups in total. The minimum absolute atomic E-state index is 0.150. The van der Waals surface area contributed by atoms with E-state index < -0.39 is 0 Å². The molecule has 9 rings (SSSR count). The number of aliphatic hydroxyl groups is 2. The van der Waals surface area contributed by atoms with Gasteiger partial charge in [-0.15, -0.1) is 0 Å². The largest absolute Gasteiger partial charge is 0.509 e. The lowest BCUT2D eigenvalue weighted by Crippen LogP contribution is -1.96. The molecule has 0 radical (unpaired) electrons. The highest BCUT2D eigenvalue weighted by atomic mass is 16.3. The molecule has 294 valence electrons. The van der Waals surface area contributed by atoms with E-state index in [0.717, 1.165) is 66.1 Å². The van der Waals surface area contributed by atoms with Gasteiger partial charge >= 0.3 is 0 Å². The molecular formula is C59H46O2. The summed E-state index contributed by atoms with van der Waals surface area (Å²) in [5.41, 5.74) is 15.6. The molecule has 0 saturated heterocycles. The molecule has 0 fully saturated rings. The summed E-state index contributed by atoms with van der Waals surface area (Å²) in [5, 5.41) is 27.5. The Morgan fingerprint density at radius 1 is 0.492 bits per heavy atom. The van der Waals surface area contributed by atoms with Crippen molar-refractivity contribution >= 4 is 44.0 Å². The van der Waals surface area contributed by atoms with Gasteiger partial charge in [0.15, 0.2) is 5.76 Å². The maximum absolute atomic E-state index is 10.7. The highest BCUT2D eigenvalue weighted by Gasteiger charge is 2.22. The highest BCUT2D eigenvalue weighted by molar-refractivity contribution is 6.20. The first-order valence-corrected chi connectivity index (χ1v) is 20.8. The van der Waals surface area contributed by atoms with Crippen molar-refractivity contribution in [1.29, 1.82) is 0 Å². The lowest BCUT2D eigenvalue weighted by molar-refractivity contribution is 0.340. The maximum Gasteiger partial charge on any atom is 0.153 e. The smallest absolute Gasteiger partial charge is 0.153 e. The molecule has 2 heteroatoms. The molecule has 9 aromatic rings. The quantitative estimate of drug-likeness (QED) is 0.0869. The maximum atomic E-state index is 10.7. The van der Waals surface area contributed by atoms with Crippen molar-refractivity contribution in [3.05, 3.63) is 229 Å². The van der Waals surface area contributed by atoms with Crippen LogP contribution in [0.5, 0.6) is 0 Å². The van der Waals surface area contributed by atoms with Gasteiger partial charge < -0.3 is 10.2 Å². The highest BCUT2D eigenvalue weighted by Crippen LogP contribution is 2.48. The zero-order valence-corrected chi connectivity index (χ0v) is 34.7. The second-order valence-electron chi connectivity index (χ2n) is 15.5. The van der Waals surface area contributed by atoms with E-state index in [9.17, 15) is 10.2 Å². The predicted octanol–water partition coefficient (Wildman–Crippen LogP) is 16.7. The van der Waals surface area contributed by atoms with E-state index in [2.05, 4.69) is 209 Å². The van der Waals surface area contributed by atoms with Crippen molar-refractivity contribution in [3.8, 4) is 55.6 Å². The van der Waals surface area contributed by atoms with E-state index in [-0.39, 0.29) is 11.5 Å². The average Bonchev–Trinajstić information content (AvgIpc) is 3.30. The van der Waals surface area contributed by atoms with Crippen LogP contribution in [-0.4, -0.2) is 10.2 Å². The Bertz CT molecular complexity index is 3200. The van der Waals surface area contributed by atoms with Crippen LogP contribution in [0.25, 0.3) is 99.6 Å². The van der Waals surface area contributed by atoms with Crippen LogP contribution in [-0.2, 0) is 0 Å². The second-order valence-corrected chi connectivity index (χ2v) is 15.5. The molecule has 0 bridgehead atoms. The first-order valence-electron chi connectivity index (χ1n) is 20.8. The summed E-state index contributed by atoms with van der Waals surface area (Å²) in [6.07, 6.45) is 7.69. The summed E-state index contributed by atoms with van der Waals surface area (Å²) in [7, 11) is 0. The molecule has 9 aromatic carbocycles. The average molecular weight is 787 g/mol. The topological polar surface area (TPSA) is 40.5 Å². The Balaban J connectivity index is 1.38. The van der Waals surface area contributed by atoms with Gasteiger partial charge in [0.25, 0.3) is 0 Å². The molecule has 0 aliphatic carbocycles. The van der Waals surface area contributed by atoms with Gasteiger partial charge in [0.1, 0.15) is 5.76 Å². The summed E-state index contributed by atoms with van der Waals surface area (Å²) in [6.45, 7) is 9.88. The summed E-state index contributed by atoms with van der Waals surface area (Å²) in [5.74, 6) is -0.344. The van der Waals surface area contributed by atoms with E-state index in [0.29, 0.717) is 0 Å². The third kappa shape index (κ3) is 7.03. The van der Waals surface area contributed by atoms with Crippen LogP contribution in [0.2, 0.25) is 0 Å². The van der Waals surface area contributed by atoms with Crippen LogP contribution in [0.4, 0.5) is 0 Å². The number of benzene rings is 9. The van der Waals surface area contributed by atoms with Crippen LogP contribution >= 0.6 is 0 Å². The van der Waals surface area contributed by atoms with Crippen molar-refractivity contribution in [2.24, 2.45) is 0 Å². The Labute approximate surface area is 358 Å². The molecule has 0 saturated carbocycles. The Kier molecular flexibility index (Phi) is 10.5. The monoisotopic (exact) mass is 786 g/mol. The fourth-order valence-electron chi connectivity index (χ4n) is 9.06. The molecular weight excluding hydrogens is 741 g/mol. The third-order valence-electron chi connectivity index (χ3n) is 11.9. The molecule has 61 heavy (non-hydrogen) atoms. The number of hydrogen-bond acceptors (Lipinski definition) is 2. The van der Waals surface area contributed by atoms with Crippen LogP contribution < -0.4 is 0 Å². The third-order valence-corrected chi connectivity index (χ3v) is 11.9. The molecule has 0 aromatic heterocycles. The Morgan fingerprint density at radius 3 is 1.59 bits per heavy atom. The molecule has 0 atom stereocenters. The van der Waals surface area contributed by atoms with Gasteiger partial charge in [0.2, 0.25) is 0 Å². The zero-order valence-electron chi connectivity index (χ0n) is 34.7. The number of allylic oxidation sites excluding steroid dienone is 5. The summed E-state index contributed by atoms with van der Waals surface area (Å²) in [6, 6.07) is 63.3. The van der Waals surface area contributed by atoms with E-state index in [1.165, 1.54) is 51.1 Å². The molecule has 0 heterocycles. The van der Waals surface area contributed by atoms with Gasteiger partial charge in [0, 0.05) is 0 Å². The summed E-state index contributed by atoms with van der Waals surface area (Å²) < 4.78 is 0. The number of fused-ring (bicyclic) bond motifs is 3. The lowest BCUT2D eigenvalue weighted by atomic mass is 9.81. The number of rotatable bonds is 9. The minimum atomic E-state index is -0.194. The fraction of sp³-hybridized carbons (Fsp3) is 0.0508. The first-order chi connectivity index (χ1) is 29.9. The molecule has 0 amide bonds. The molecule has 0 unspecified atom stereocenters. The Hall–Kier alpha value is -7.68. The van der Waals surface area contributed by atoms with E-state index in [1.807, 2.05) is 0 Å². The van der Waals surface area contributed by atoms with Crippen molar-refractivity contribution in [3.63, 3.8) is 0 Å². The molecule has 0 aliphatic rings. The second kappa shape index (κ2) is 16.5. The lowest BCUT2D eigenvalue weighted by Gasteiger charge is -2.22. The molecule has 0 spiro atoms. The first kappa shape index (κ1) is 38.8. The summed E-state index contributed by atoms with van der Waals surface area (Å²) >= 11 is 0. The number of aliphatic hydroxyl groups excluding tert-OH is 2. The van der Waals surface area contributed by atoms with Crippen LogP contribution in [0.15, 0.2) is 212 Å². The SMILES string of the molecule is C=C/C(=C\C(O)=C(/C)O)c1c2ccccc2c(-c2ccc(-c3ccccc3-c3cccc(C)c3/C=C\C)c(-c3ccccc3-c3cccc4ccccc34)c2)c2ccccc12. The Morgan fingerprint density at radius 2 is 0.967 bits per heavy atom. The number of aryl methyl sites for hydroxylation is 1. The van der Waals surface area contributed by atoms with Crippen molar-refractivity contribution in [2.45, 2.75) is 20.8 Å². The van der Waals surface area contributed by atoms with E-state index in [4.69, 9.17) is 0 Å². The van der Waals surface area contributed by atoms with Gasteiger partial charge in [-0.05, 0) is 143 Å². The van der Waals surface area contributed by atoms with Crippen LogP contribution in [0.1, 0.15) is 30.5 Å². The van der Waals surface area contributed by atoms with Crippen molar-refractivity contribution in [1.82, 2.24) is 0 Å². The van der Waals surface area contributed by atoms with Gasteiger partial charge in [-0.25, -0.2) is 0 Å². The normalized spacial score (nSPS) is 12.3. The summed E-state index contributed by atoms with van der Waals surface area (Å²) in [4.78, 5) is 0. The van der Waals surface area contributed by atoms with Gasteiger partial charge in [-0.3, -0.25) is 0 Å². The van der Waals surface area contributed by atoms with Gasteiger partial charge in [-0.2, -0.15) is 0 Å². The van der Waals surface area contributed by atoms with Crippen molar-refractivity contribution < 1.29 is 10.2 Å². The predicted molar refractivity (Wildman–Crippen MR) is 262 cm³/mol. The molecule has 2 nitrogen and oxygen atoms in total. The van der Waals surface area contributed by atoms with Crippen LogP contribution in [0, 0.1) is 6.92 Å². The number of hydrogen-bond donors (Lipinski definition) is 2. The standard InChI is InChI=1S/C59H46O2/c1-5-19-43-38(3)20-17-32-45(43)47-24-9-10-26-49(47)51-35-34-42(36-56(51)50-27-12-11-25-48(50)46-33-18-22-41-21-7-8-23-44(41)46)59-54-30-15-13-28-52(54)58(53-29-14-16-31-55(53)59)40(6-2)37-57(61)39(4)60/h5-37,60-61H,2H2,1,3-4H3/b19-5-,40-37+,57-39-. The van der Waals surface area contributed by atoms with Gasteiger partial charge in [-0.1, -0.05) is 195 Å².